The van der Waals surface area contributed by atoms with E-state index in [2.05, 4.69) is 37.9 Å². The summed E-state index contributed by atoms with van der Waals surface area (Å²) in [5, 5.41) is 3.87. The number of likely N-dealkylation sites (tertiary alicyclic amines) is 1. The largest absolute Gasteiger partial charge is 0.298 e. The second-order valence-electron chi connectivity index (χ2n) is 8.03. The normalized spacial score (nSPS) is 41.5. The van der Waals surface area contributed by atoms with Gasteiger partial charge >= 0.3 is 0 Å². The number of Topliss-reactive ketones (excluding diaryl/α,β-unsaturated/α-hetero) is 1. The molecule has 0 aromatic heterocycles. The van der Waals surface area contributed by atoms with E-state index in [9.17, 15) is 4.79 Å². The molecule has 3 rings (SSSR count). The first-order valence-electron chi connectivity index (χ1n) is 8.49. The van der Waals surface area contributed by atoms with E-state index >= 15 is 0 Å². The number of hydrogen-bond acceptors (Lipinski definition) is 3. The number of carbonyl (C=O) groups is 1. The topological polar surface area (TPSA) is 32.3 Å². The molecule has 0 amide bonds. The van der Waals surface area contributed by atoms with Crippen LogP contribution in [0.5, 0.6) is 0 Å². The summed E-state index contributed by atoms with van der Waals surface area (Å²) in [6.07, 6.45) is 7.02. The van der Waals surface area contributed by atoms with Crippen molar-refractivity contribution in [2.75, 3.05) is 6.54 Å². The quantitative estimate of drug-likeness (QED) is 0.843. The molecule has 0 radical (unpaired) electrons. The summed E-state index contributed by atoms with van der Waals surface area (Å²) >= 11 is 0. The lowest BCUT2D eigenvalue weighted by molar-refractivity contribution is -0.131. The number of hydrogen-bond donors (Lipinski definition) is 1. The first-order valence-corrected chi connectivity index (χ1v) is 8.49. The van der Waals surface area contributed by atoms with E-state index in [0.29, 0.717) is 17.9 Å². The summed E-state index contributed by atoms with van der Waals surface area (Å²) < 4.78 is 0. The van der Waals surface area contributed by atoms with Gasteiger partial charge in [-0.1, -0.05) is 40.5 Å². The van der Waals surface area contributed by atoms with E-state index in [0.717, 1.165) is 24.9 Å². The summed E-state index contributed by atoms with van der Waals surface area (Å²) in [5.74, 6) is 1.96. The summed E-state index contributed by atoms with van der Waals surface area (Å²) in [6, 6.07) is 0.865. The molecule has 3 fully saturated rings. The first kappa shape index (κ1) is 14.5. The van der Waals surface area contributed by atoms with E-state index in [4.69, 9.17) is 0 Å². The van der Waals surface area contributed by atoms with Crippen molar-refractivity contribution < 1.29 is 4.79 Å². The Labute approximate surface area is 123 Å². The third-order valence-corrected chi connectivity index (χ3v) is 5.82. The summed E-state index contributed by atoms with van der Waals surface area (Å²) in [6.45, 7) is 9.38. The van der Waals surface area contributed by atoms with Crippen molar-refractivity contribution in [1.82, 2.24) is 10.2 Å². The number of rotatable bonds is 2. The molecule has 2 aliphatic heterocycles. The standard InChI is InChI=1S/C17H30N2O/c1-5-19-14(15(20)17(2,3)4)10-12-11-8-6-7-9-13(11)18-16(12)19/h11-14,16,18H,5-10H2,1-4H3. The number of carbonyl (C=O) groups excluding carboxylic acids is 1. The molecular weight excluding hydrogens is 248 g/mol. The summed E-state index contributed by atoms with van der Waals surface area (Å²) in [7, 11) is 0. The van der Waals surface area contributed by atoms with Crippen LogP contribution in [0.1, 0.15) is 59.8 Å². The fourth-order valence-corrected chi connectivity index (χ4v) is 4.86. The Morgan fingerprint density at radius 2 is 1.90 bits per heavy atom. The van der Waals surface area contributed by atoms with Gasteiger partial charge in [0.05, 0.1) is 12.2 Å². The minimum Gasteiger partial charge on any atom is -0.298 e. The predicted molar refractivity (Wildman–Crippen MR) is 81.4 cm³/mol. The molecule has 3 aliphatic rings. The third-order valence-electron chi connectivity index (χ3n) is 5.82. The van der Waals surface area contributed by atoms with Crippen LogP contribution in [0.25, 0.3) is 0 Å². The average molecular weight is 278 g/mol. The lowest BCUT2D eigenvalue weighted by Crippen LogP contribution is -2.50. The van der Waals surface area contributed by atoms with Crippen LogP contribution in [0.2, 0.25) is 0 Å². The number of fused-ring (bicyclic) bond motifs is 3. The van der Waals surface area contributed by atoms with Crippen LogP contribution in [0, 0.1) is 17.3 Å². The van der Waals surface area contributed by atoms with Crippen molar-refractivity contribution in [3.63, 3.8) is 0 Å². The van der Waals surface area contributed by atoms with Gasteiger partial charge in [0, 0.05) is 11.5 Å². The van der Waals surface area contributed by atoms with Crippen LogP contribution >= 0.6 is 0 Å². The van der Waals surface area contributed by atoms with Gasteiger partial charge in [0.1, 0.15) is 0 Å². The Hall–Kier alpha value is -0.410. The van der Waals surface area contributed by atoms with E-state index in [1.807, 2.05) is 0 Å². The van der Waals surface area contributed by atoms with Crippen molar-refractivity contribution in [3.05, 3.63) is 0 Å². The minimum atomic E-state index is -0.220. The second-order valence-corrected chi connectivity index (χ2v) is 8.03. The van der Waals surface area contributed by atoms with E-state index in [1.54, 1.807) is 0 Å². The maximum absolute atomic E-state index is 12.8. The molecule has 1 N–H and O–H groups in total. The van der Waals surface area contributed by atoms with Crippen LogP contribution < -0.4 is 5.32 Å². The highest BCUT2D eigenvalue weighted by molar-refractivity contribution is 5.89. The molecule has 0 aromatic rings. The van der Waals surface area contributed by atoms with Crippen LogP contribution in [-0.2, 0) is 4.79 Å². The van der Waals surface area contributed by atoms with E-state index < -0.39 is 0 Å². The molecule has 5 atom stereocenters. The predicted octanol–water partition coefficient (Wildman–Crippen LogP) is 2.80. The van der Waals surface area contributed by atoms with Gasteiger partial charge in [-0.15, -0.1) is 0 Å². The van der Waals surface area contributed by atoms with Gasteiger partial charge in [0.15, 0.2) is 5.78 Å². The molecular formula is C17H30N2O. The summed E-state index contributed by atoms with van der Waals surface area (Å²) in [5.41, 5.74) is -0.220. The highest BCUT2D eigenvalue weighted by atomic mass is 16.1. The fraction of sp³-hybridized carbons (Fsp3) is 0.941. The Bertz CT molecular complexity index is 387. The molecule has 1 saturated carbocycles. The molecule has 2 saturated heterocycles. The molecule has 3 nitrogen and oxygen atoms in total. The fourth-order valence-electron chi connectivity index (χ4n) is 4.86. The van der Waals surface area contributed by atoms with Gasteiger partial charge in [0.2, 0.25) is 0 Å². The Balaban J connectivity index is 1.80. The van der Waals surface area contributed by atoms with Gasteiger partial charge in [-0.3, -0.25) is 15.0 Å². The van der Waals surface area contributed by atoms with Crippen LogP contribution in [-0.4, -0.2) is 35.5 Å². The minimum absolute atomic E-state index is 0.144. The van der Waals surface area contributed by atoms with Crippen molar-refractivity contribution in [1.29, 1.82) is 0 Å². The zero-order valence-corrected chi connectivity index (χ0v) is 13.5. The van der Waals surface area contributed by atoms with Crippen LogP contribution in [0.3, 0.4) is 0 Å². The third kappa shape index (κ3) is 2.23. The van der Waals surface area contributed by atoms with Crippen molar-refractivity contribution >= 4 is 5.78 Å². The lowest BCUT2D eigenvalue weighted by atomic mass is 9.77. The monoisotopic (exact) mass is 278 g/mol. The molecule has 0 aromatic carbocycles. The zero-order valence-electron chi connectivity index (χ0n) is 13.5. The molecule has 3 heteroatoms. The van der Waals surface area contributed by atoms with Crippen molar-refractivity contribution in [3.8, 4) is 0 Å². The second kappa shape index (κ2) is 5.10. The van der Waals surface area contributed by atoms with Gasteiger partial charge in [-0.2, -0.15) is 0 Å². The van der Waals surface area contributed by atoms with Crippen molar-refractivity contribution in [2.24, 2.45) is 17.3 Å². The van der Waals surface area contributed by atoms with Crippen LogP contribution in [0.4, 0.5) is 0 Å². The number of ketones is 1. The lowest BCUT2D eigenvalue weighted by Gasteiger charge is -2.33. The van der Waals surface area contributed by atoms with Gasteiger partial charge in [-0.05, 0) is 37.6 Å². The first-order chi connectivity index (χ1) is 9.43. The number of nitrogens with one attached hydrogen (secondary N) is 1. The van der Waals surface area contributed by atoms with Crippen molar-refractivity contribution in [2.45, 2.75) is 78.0 Å². The average Bonchev–Trinajstić information content (AvgIpc) is 2.91. The van der Waals surface area contributed by atoms with Gasteiger partial charge in [0.25, 0.3) is 0 Å². The van der Waals surface area contributed by atoms with Gasteiger partial charge < -0.3 is 0 Å². The highest BCUT2D eigenvalue weighted by Crippen LogP contribution is 2.46. The maximum atomic E-state index is 12.8. The number of likely N-dealkylation sites (N-methyl/N-ethyl adjacent to an activating group) is 1. The SMILES string of the molecule is CCN1C(C(=O)C(C)(C)C)CC2C3CCCCC3NC21. The Morgan fingerprint density at radius 1 is 1.20 bits per heavy atom. The molecule has 0 spiro atoms. The molecule has 0 bridgehead atoms. The Morgan fingerprint density at radius 3 is 2.55 bits per heavy atom. The maximum Gasteiger partial charge on any atom is 0.155 e. The smallest absolute Gasteiger partial charge is 0.155 e. The Kier molecular flexibility index (Phi) is 3.70. The van der Waals surface area contributed by atoms with E-state index in [-0.39, 0.29) is 11.5 Å². The molecule has 20 heavy (non-hydrogen) atoms. The molecule has 114 valence electrons. The molecule has 2 heterocycles. The summed E-state index contributed by atoms with van der Waals surface area (Å²) in [4.78, 5) is 15.2. The molecule has 5 unspecified atom stereocenters. The van der Waals surface area contributed by atoms with E-state index in [1.165, 1.54) is 25.7 Å². The molecule has 1 aliphatic carbocycles. The van der Waals surface area contributed by atoms with Crippen LogP contribution in [0.15, 0.2) is 0 Å². The van der Waals surface area contributed by atoms with Gasteiger partial charge in [-0.25, -0.2) is 0 Å². The zero-order chi connectivity index (χ0) is 14.5. The number of nitrogens with zero attached hydrogens (tertiary/aromatic N) is 1. The highest BCUT2D eigenvalue weighted by Gasteiger charge is 2.54.